The van der Waals surface area contributed by atoms with Gasteiger partial charge in [0.2, 0.25) is 15.2 Å². The van der Waals surface area contributed by atoms with Crippen LogP contribution in [0.4, 0.5) is 19.3 Å². The van der Waals surface area contributed by atoms with Gasteiger partial charge in [-0.1, -0.05) is 11.3 Å². The molecule has 3 fully saturated rings. The summed E-state index contributed by atoms with van der Waals surface area (Å²) < 4.78 is 57.0. The Balaban J connectivity index is 1.36. The minimum absolute atomic E-state index is 0.0320. The lowest BCUT2D eigenvalue weighted by atomic mass is 10.1. The Labute approximate surface area is 233 Å². The fraction of sp³-hybridized carbons (Fsp3) is 0.542. The molecular formula is C24H27F2N9O3S2. The molecule has 16 heteroatoms. The van der Waals surface area contributed by atoms with Crippen LogP contribution in [0.2, 0.25) is 0 Å². The van der Waals surface area contributed by atoms with Gasteiger partial charge in [-0.2, -0.15) is 15.1 Å². The maximum Gasteiger partial charge on any atom is 0.320 e. The van der Waals surface area contributed by atoms with Gasteiger partial charge in [0, 0.05) is 49.8 Å². The summed E-state index contributed by atoms with van der Waals surface area (Å²) in [6, 6.07) is 4.93. The van der Waals surface area contributed by atoms with Crippen LogP contribution in [0, 0.1) is 11.3 Å². The Hall–Kier alpha value is -3.42. The molecule has 3 aliphatic rings. The summed E-state index contributed by atoms with van der Waals surface area (Å²) in [7, 11) is -2.29. The van der Waals surface area contributed by atoms with Crippen molar-refractivity contribution < 1.29 is 22.0 Å². The SMILES string of the molecule is CN(C(=O)N1CCN(c2cc(S(=O)(=O)NC3(C#N)CC3)cc3c2cnn3-c2nnc(C(F)F)s2)CC1)C1(C)CC1. The molecule has 0 bridgehead atoms. The van der Waals surface area contributed by atoms with Crippen molar-refractivity contribution in [3.8, 4) is 11.2 Å². The maximum atomic E-state index is 13.4. The van der Waals surface area contributed by atoms with Crippen molar-refractivity contribution >= 4 is 44.0 Å². The number of hydrogen-bond donors (Lipinski definition) is 1. The number of carbonyl (C=O) groups excluding carboxylic acids is 1. The predicted octanol–water partition coefficient (Wildman–Crippen LogP) is 2.88. The van der Waals surface area contributed by atoms with Gasteiger partial charge < -0.3 is 14.7 Å². The summed E-state index contributed by atoms with van der Waals surface area (Å²) in [4.78, 5) is 18.5. The second-order valence-corrected chi connectivity index (χ2v) is 13.4. The molecule has 0 radical (unpaired) electrons. The van der Waals surface area contributed by atoms with Crippen LogP contribution >= 0.6 is 11.3 Å². The highest BCUT2D eigenvalue weighted by Crippen LogP contribution is 2.41. The first-order valence-corrected chi connectivity index (χ1v) is 15.1. The molecule has 212 valence electrons. The number of aromatic nitrogens is 4. The lowest BCUT2D eigenvalue weighted by Gasteiger charge is -2.39. The van der Waals surface area contributed by atoms with E-state index in [2.05, 4.69) is 26.9 Å². The van der Waals surface area contributed by atoms with Gasteiger partial charge in [0.1, 0.15) is 5.54 Å². The van der Waals surface area contributed by atoms with Crippen LogP contribution in [0.5, 0.6) is 0 Å². The number of halogens is 2. The van der Waals surface area contributed by atoms with E-state index in [4.69, 9.17) is 0 Å². The van der Waals surface area contributed by atoms with E-state index in [0.717, 1.165) is 12.8 Å². The highest BCUT2D eigenvalue weighted by Gasteiger charge is 2.47. The van der Waals surface area contributed by atoms with Crippen LogP contribution in [0.1, 0.15) is 44.0 Å². The molecule has 3 aromatic rings. The molecule has 2 amide bonds. The summed E-state index contributed by atoms with van der Waals surface area (Å²) in [6.07, 6.45) is 1.53. The highest BCUT2D eigenvalue weighted by atomic mass is 32.2. The molecule has 0 atom stereocenters. The van der Waals surface area contributed by atoms with Crippen LogP contribution < -0.4 is 9.62 Å². The fourth-order valence-electron chi connectivity index (χ4n) is 4.83. The third-order valence-corrected chi connectivity index (χ3v) is 10.4. The smallest absolute Gasteiger partial charge is 0.320 e. The number of alkyl halides is 2. The van der Waals surface area contributed by atoms with Crippen molar-refractivity contribution in [1.82, 2.24) is 34.5 Å². The number of nitriles is 1. The third-order valence-electron chi connectivity index (χ3n) is 8.00. The number of rotatable bonds is 7. The number of hydrogen-bond acceptors (Lipinski definition) is 9. The lowest BCUT2D eigenvalue weighted by Crippen LogP contribution is -2.54. The normalized spacial score (nSPS) is 19.6. The second kappa shape index (κ2) is 9.32. The Kier molecular flexibility index (Phi) is 6.24. The van der Waals surface area contributed by atoms with E-state index >= 15 is 0 Å². The minimum Gasteiger partial charge on any atom is -0.367 e. The number of fused-ring (bicyclic) bond motifs is 1. The second-order valence-electron chi connectivity index (χ2n) is 10.8. The van der Waals surface area contributed by atoms with Gasteiger partial charge >= 0.3 is 6.03 Å². The Bertz CT molecular complexity index is 1630. The van der Waals surface area contributed by atoms with Crippen LogP contribution in [-0.2, 0) is 10.0 Å². The molecule has 2 aliphatic carbocycles. The highest BCUT2D eigenvalue weighted by molar-refractivity contribution is 7.89. The molecule has 2 aromatic heterocycles. The van der Waals surface area contributed by atoms with E-state index in [1.165, 1.54) is 23.0 Å². The van der Waals surface area contributed by atoms with Crippen LogP contribution in [0.15, 0.2) is 23.2 Å². The van der Waals surface area contributed by atoms with E-state index in [9.17, 15) is 27.3 Å². The van der Waals surface area contributed by atoms with E-state index in [1.54, 1.807) is 9.80 Å². The molecule has 1 N–H and O–H groups in total. The average molecular weight is 592 g/mol. The quantitative estimate of drug-likeness (QED) is 0.442. The number of sulfonamides is 1. The molecule has 6 rings (SSSR count). The summed E-state index contributed by atoms with van der Waals surface area (Å²) in [5.41, 5.74) is -0.312. The molecular weight excluding hydrogens is 564 g/mol. The van der Waals surface area contributed by atoms with Gasteiger partial charge in [-0.25, -0.2) is 26.7 Å². The first-order chi connectivity index (χ1) is 19.0. The topological polar surface area (TPSA) is 140 Å². The van der Waals surface area contributed by atoms with Crippen molar-refractivity contribution in [2.75, 3.05) is 38.1 Å². The number of benzene rings is 1. The first-order valence-electron chi connectivity index (χ1n) is 12.8. The Morgan fingerprint density at radius 3 is 2.45 bits per heavy atom. The number of nitrogens with one attached hydrogen (secondary N) is 1. The number of nitrogens with zero attached hydrogens (tertiary/aromatic N) is 8. The van der Waals surface area contributed by atoms with E-state index in [0.29, 0.717) is 66.9 Å². The lowest BCUT2D eigenvalue weighted by molar-refractivity contribution is 0.142. The van der Waals surface area contributed by atoms with Gasteiger partial charge in [0.15, 0.2) is 5.01 Å². The van der Waals surface area contributed by atoms with Gasteiger partial charge in [-0.05, 0) is 44.7 Å². The first kappa shape index (κ1) is 26.8. The molecule has 1 aromatic carbocycles. The van der Waals surface area contributed by atoms with Crippen molar-refractivity contribution in [2.24, 2.45) is 0 Å². The standard InChI is InChI=1S/C24H27F2N9O3S2/c1-23(3-4-23)32(2)22(36)34-9-7-33(8-10-34)17-11-15(40(37,38)31-24(14-27)5-6-24)12-18-16(17)13-28-35(18)21-30-29-20(39-21)19(25)26/h11-13,19,31H,3-10H2,1-2H3. The molecule has 1 aliphatic heterocycles. The monoisotopic (exact) mass is 591 g/mol. The zero-order chi connectivity index (χ0) is 28.4. The third kappa shape index (κ3) is 4.65. The van der Waals surface area contributed by atoms with Crippen LogP contribution in [0.3, 0.4) is 0 Å². The van der Waals surface area contributed by atoms with Gasteiger partial charge in [-0.3, -0.25) is 0 Å². The van der Waals surface area contributed by atoms with E-state index in [-0.39, 0.29) is 21.6 Å². The number of anilines is 1. The number of amides is 2. The molecule has 2 saturated carbocycles. The number of piperazine rings is 1. The van der Waals surface area contributed by atoms with Gasteiger partial charge in [0.05, 0.1) is 22.7 Å². The van der Waals surface area contributed by atoms with Gasteiger partial charge in [0.25, 0.3) is 6.43 Å². The molecule has 1 saturated heterocycles. The summed E-state index contributed by atoms with van der Waals surface area (Å²) in [5.74, 6) is 0. The Morgan fingerprint density at radius 1 is 1.18 bits per heavy atom. The zero-order valence-corrected chi connectivity index (χ0v) is 23.5. The van der Waals surface area contributed by atoms with Crippen molar-refractivity contribution in [1.29, 1.82) is 5.26 Å². The molecule has 0 unspecified atom stereocenters. The van der Waals surface area contributed by atoms with Crippen LogP contribution in [0.25, 0.3) is 16.0 Å². The van der Waals surface area contributed by atoms with E-state index in [1.807, 2.05) is 18.0 Å². The van der Waals surface area contributed by atoms with Gasteiger partial charge in [-0.15, -0.1) is 10.2 Å². The number of carbonyl (C=O) groups is 1. The Morgan fingerprint density at radius 2 is 1.88 bits per heavy atom. The van der Waals surface area contributed by atoms with Crippen molar-refractivity contribution in [3.05, 3.63) is 23.3 Å². The number of urea groups is 1. The average Bonchev–Trinajstić information content (AvgIpc) is 3.75. The molecule has 12 nitrogen and oxygen atoms in total. The molecule has 0 spiro atoms. The summed E-state index contributed by atoms with van der Waals surface area (Å²) >= 11 is 0.663. The van der Waals surface area contributed by atoms with Crippen LogP contribution in [-0.4, -0.2) is 88.5 Å². The molecule has 40 heavy (non-hydrogen) atoms. The maximum absolute atomic E-state index is 13.4. The minimum atomic E-state index is -4.11. The zero-order valence-electron chi connectivity index (χ0n) is 21.8. The predicted molar refractivity (Wildman–Crippen MR) is 142 cm³/mol. The van der Waals surface area contributed by atoms with Crippen molar-refractivity contribution in [2.45, 2.75) is 55.0 Å². The summed E-state index contributed by atoms with van der Waals surface area (Å²) in [6.45, 7) is 3.84. The largest absolute Gasteiger partial charge is 0.367 e. The summed E-state index contributed by atoms with van der Waals surface area (Å²) in [5, 5.41) is 21.3. The van der Waals surface area contributed by atoms with E-state index < -0.39 is 27.0 Å². The molecule has 3 heterocycles. The fourth-order valence-corrected chi connectivity index (χ4v) is 6.92. The van der Waals surface area contributed by atoms with Crippen molar-refractivity contribution in [3.63, 3.8) is 0 Å².